The van der Waals surface area contributed by atoms with E-state index in [1.807, 2.05) is 0 Å². The van der Waals surface area contributed by atoms with Crippen LogP contribution in [0.5, 0.6) is 5.75 Å². The normalized spacial score (nSPS) is 11.5. The van der Waals surface area contributed by atoms with Gasteiger partial charge in [-0.3, -0.25) is 29.5 Å². The van der Waals surface area contributed by atoms with Crippen LogP contribution < -0.4 is 10.6 Å². The van der Waals surface area contributed by atoms with Crippen LogP contribution in [0.15, 0.2) is 24.4 Å². The Kier molecular flexibility index (Phi) is 7.89. The number of aromatic nitrogens is 1. The van der Waals surface area contributed by atoms with E-state index < -0.39 is 29.3 Å². The van der Waals surface area contributed by atoms with Gasteiger partial charge in [-0.15, -0.1) is 0 Å². The van der Waals surface area contributed by atoms with Crippen LogP contribution in [0.25, 0.3) is 0 Å². The van der Waals surface area contributed by atoms with Crippen molar-refractivity contribution < 1.29 is 24.4 Å². The zero-order valence-electron chi connectivity index (χ0n) is 16.4. The van der Waals surface area contributed by atoms with Crippen molar-refractivity contribution in [3.8, 4) is 5.75 Å². The van der Waals surface area contributed by atoms with E-state index in [0.717, 1.165) is 12.3 Å². The summed E-state index contributed by atoms with van der Waals surface area (Å²) in [6, 6.07) is 2.79. The highest BCUT2D eigenvalue weighted by atomic mass is 35.5. The second-order valence-corrected chi connectivity index (χ2v) is 7.46. The third-order valence-corrected chi connectivity index (χ3v) is 4.69. The topological polar surface area (TPSA) is 152 Å². The predicted octanol–water partition coefficient (Wildman–Crippen LogP) is 2.88. The Morgan fingerprint density at radius 2 is 1.94 bits per heavy atom. The molecule has 1 atom stereocenters. The molecule has 10 nitrogen and oxygen atoms in total. The van der Waals surface area contributed by atoms with Crippen LogP contribution >= 0.6 is 23.2 Å². The lowest BCUT2D eigenvalue weighted by molar-refractivity contribution is -0.385. The minimum Gasteiger partial charge on any atom is -0.506 e. The van der Waals surface area contributed by atoms with Crippen LogP contribution in [-0.2, 0) is 9.59 Å². The average molecular weight is 469 g/mol. The van der Waals surface area contributed by atoms with Crippen LogP contribution in [-0.4, -0.2) is 39.2 Å². The number of carbonyl (C=O) groups is 3. The number of amides is 2. The highest BCUT2D eigenvalue weighted by Gasteiger charge is 2.23. The number of aromatic hydroxyl groups is 1. The number of pyridine rings is 1. The monoisotopic (exact) mass is 468 g/mol. The number of halogens is 2. The van der Waals surface area contributed by atoms with Gasteiger partial charge in [0.15, 0.2) is 0 Å². The predicted molar refractivity (Wildman–Crippen MR) is 112 cm³/mol. The molecule has 0 radical (unpaired) electrons. The zero-order chi connectivity index (χ0) is 23.3. The summed E-state index contributed by atoms with van der Waals surface area (Å²) in [6.07, 6.45) is 0.998. The summed E-state index contributed by atoms with van der Waals surface area (Å²) in [5, 5.41) is 26.2. The van der Waals surface area contributed by atoms with Crippen molar-refractivity contribution in [2.24, 2.45) is 0 Å². The first kappa shape index (κ1) is 24.0. The number of aryl methyl sites for hydroxylation is 1. The number of nitro groups is 1. The Morgan fingerprint density at radius 1 is 1.26 bits per heavy atom. The summed E-state index contributed by atoms with van der Waals surface area (Å²) in [6.45, 7) is 2.24. The summed E-state index contributed by atoms with van der Waals surface area (Å²) in [7, 11) is 0. The molecule has 1 aromatic heterocycles. The largest absolute Gasteiger partial charge is 0.506 e. The molecule has 31 heavy (non-hydrogen) atoms. The quantitative estimate of drug-likeness (QED) is 0.397. The minimum atomic E-state index is -0.944. The van der Waals surface area contributed by atoms with Gasteiger partial charge in [-0.1, -0.05) is 23.2 Å². The lowest BCUT2D eigenvalue weighted by Crippen LogP contribution is -2.39. The van der Waals surface area contributed by atoms with Gasteiger partial charge in [-0.05, 0) is 26.0 Å². The summed E-state index contributed by atoms with van der Waals surface area (Å²) < 4.78 is 0. The number of Topliss-reactive ketones (excluding diaryl/α,β-unsaturated/α-hetero) is 1. The molecule has 3 N–H and O–H groups in total. The van der Waals surface area contributed by atoms with Crippen molar-refractivity contribution in [3.63, 3.8) is 0 Å². The van der Waals surface area contributed by atoms with Crippen molar-refractivity contribution in [1.29, 1.82) is 0 Å². The third kappa shape index (κ3) is 6.37. The maximum atomic E-state index is 12.3. The van der Waals surface area contributed by atoms with Crippen LogP contribution in [0.1, 0.15) is 41.0 Å². The maximum Gasteiger partial charge on any atom is 0.291 e. The van der Waals surface area contributed by atoms with Crippen LogP contribution in [0, 0.1) is 17.0 Å². The van der Waals surface area contributed by atoms with E-state index in [1.165, 1.54) is 26.0 Å². The van der Waals surface area contributed by atoms with Gasteiger partial charge in [0.05, 0.1) is 28.1 Å². The number of benzene rings is 1. The molecule has 0 spiro atoms. The molecular weight excluding hydrogens is 451 g/mol. The molecule has 0 bridgehead atoms. The van der Waals surface area contributed by atoms with Gasteiger partial charge in [-0.2, -0.15) is 0 Å². The van der Waals surface area contributed by atoms with Crippen LogP contribution in [0.4, 0.5) is 5.69 Å². The molecule has 0 saturated heterocycles. The standard InChI is InChI=1S/C19H18Cl2N4O6/c1-9(26)3-15(13-5-12(20)6-14(21)18(13)28)24-17(27)8-23-19(29)11-4-16(25(30)31)10(2)22-7-11/h4-7,15,28H,3,8H2,1-2H3,(H,23,29)(H,24,27). The van der Waals surface area contributed by atoms with E-state index in [4.69, 9.17) is 23.2 Å². The number of carbonyl (C=O) groups excluding carboxylic acids is 3. The summed E-state index contributed by atoms with van der Waals surface area (Å²) in [4.78, 5) is 50.3. The lowest BCUT2D eigenvalue weighted by Gasteiger charge is -2.20. The second kappa shape index (κ2) is 10.2. The molecule has 0 fully saturated rings. The molecule has 1 heterocycles. The first-order chi connectivity index (χ1) is 14.5. The van der Waals surface area contributed by atoms with Crippen molar-refractivity contribution in [2.75, 3.05) is 6.54 Å². The molecule has 2 rings (SSSR count). The fourth-order valence-corrected chi connectivity index (χ4v) is 3.23. The first-order valence-electron chi connectivity index (χ1n) is 8.85. The van der Waals surface area contributed by atoms with Crippen molar-refractivity contribution >= 4 is 46.5 Å². The molecule has 12 heteroatoms. The number of phenols is 1. The van der Waals surface area contributed by atoms with E-state index >= 15 is 0 Å². The van der Waals surface area contributed by atoms with E-state index in [-0.39, 0.29) is 50.5 Å². The number of ketones is 1. The minimum absolute atomic E-state index is 0.0490. The Morgan fingerprint density at radius 3 is 2.55 bits per heavy atom. The molecule has 0 saturated carbocycles. The number of rotatable bonds is 8. The Bertz CT molecular complexity index is 1060. The molecule has 2 amide bonds. The van der Waals surface area contributed by atoms with Gasteiger partial charge in [0.25, 0.3) is 11.6 Å². The highest BCUT2D eigenvalue weighted by molar-refractivity contribution is 6.35. The van der Waals surface area contributed by atoms with Crippen LogP contribution in [0.2, 0.25) is 10.0 Å². The molecule has 164 valence electrons. The number of hydrogen-bond acceptors (Lipinski definition) is 7. The number of phenolic OH excluding ortho intramolecular Hbond substituents is 1. The first-order valence-corrected chi connectivity index (χ1v) is 9.61. The molecule has 1 unspecified atom stereocenters. The van der Waals surface area contributed by atoms with Gasteiger partial charge < -0.3 is 15.7 Å². The molecule has 0 aliphatic rings. The number of hydrogen-bond donors (Lipinski definition) is 3. The fraction of sp³-hybridized carbons (Fsp3) is 0.263. The SMILES string of the molecule is CC(=O)CC(NC(=O)CNC(=O)c1cnc(C)c([N+](=O)[O-])c1)c1cc(Cl)cc(Cl)c1O. The summed E-state index contributed by atoms with van der Waals surface area (Å²) in [5.74, 6) is -2.03. The second-order valence-electron chi connectivity index (χ2n) is 6.62. The number of nitrogens with zero attached hydrogens (tertiary/aromatic N) is 2. The van der Waals surface area contributed by atoms with E-state index in [9.17, 15) is 29.6 Å². The van der Waals surface area contributed by atoms with Gasteiger partial charge in [0, 0.05) is 29.3 Å². The third-order valence-electron chi connectivity index (χ3n) is 4.19. The smallest absolute Gasteiger partial charge is 0.291 e. The lowest BCUT2D eigenvalue weighted by atomic mass is 10.0. The highest BCUT2D eigenvalue weighted by Crippen LogP contribution is 2.36. The molecule has 0 aliphatic heterocycles. The molecule has 1 aromatic carbocycles. The Balaban J connectivity index is 2.12. The van der Waals surface area contributed by atoms with E-state index in [0.29, 0.717) is 0 Å². The summed E-state index contributed by atoms with van der Waals surface area (Å²) >= 11 is 11.9. The van der Waals surface area contributed by atoms with E-state index in [2.05, 4.69) is 15.6 Å². The fourth-order valence-electron chi connectivity index (χ4n) is 2.72. The Labute approximate surface area is 186 Å². The van der Waals surface area contributed by atoms with Gasteiger partial charge >= 0.3 is 0 Å². The van der Waals surface area contributed by atoms with Crippen molar-refractivity contribution in [3.05, 3.63) is 61.4 Å². The van der Waals surface area contributed by atoms with Crippen molar-refractivity contribution in [2.45, 2.75) is 26.3 Å². The van der Waals surface area contributed by atoms with Crippen LogP contribution in [0.3, 0.4) is 0 Å². The van der Waals surface area contributed by atoms with Gasteiger partial charge in [-0.25, -0.2) is 0 Å². The number of nitrogens with one attached hydrogen (secondary N) is 2. The van der Waals surface area contributed by atoms with Gasteiger partial charge in [0.2, 0.25) is 5.91 Å². The van der Waals surface area contributed by atoms with Crippen molar-refractivity contribution in [1.82, 2.24) is 15.6 Å². The molecule has 0 aliphatic carbocycles. The molecule has 2 aromatic rings. The average Bonchev–Trinajstić information content (AvgIpc) is 2.68. The molecular formula is C19H18Cl2N4O6. The van der Waals surface area contributed by atoms with E-state index in [1.54, 1.807) is 0 Å². The Hall–Kier alpha value is -3.24. The maximum absolute atomic E-state index is 12.3. The zero-order valence-corrected chi connectivity index (χ0v) is 18.0. The van der Waals surface area contributed by atoms with Gasteiger partial charge in [0.1, 0.15) is 17.2 Å². The summed E-state index contributed by atoms with van der Waals surface area (Å²) in [5.41, 5.74) is -0.131.